The fraction of sp³-hybridized carbons (Fsp3) is 0.143. The highest BCUT2D eigenvalue weighted by atomic mass is 19.1. The quantitative estimate of drug-likeness (QED) is 0.564. The van der Waals surface area contributed by atoms with Crippen LogP contribution >= 0.6 is 0 Å². The van der Waals surface area contributed by atoms with Crippen molar-refractivity contribution in [3.63, 3.8) is 0 Å². The van der Waals surface area contributed by atoms with Gasteiger partial charge in [0.25, 0.3) is 0 Å². The first-order chi connectivity index (χ1) is 11.4. The molecule has 3 rings (SSSR count). The second-order valence-corrected chi connectivity index (χ2v) is 4.98. The summed E-state index contributed by atoms with van der Waals surface area (Å²) in [6.45, 7) is 2.18. The minimum atomic E-state index is -1.36. The fourth-order valence-electron chi connectivity index (χ4n) is 2.37. The molecule has 0 saturated heterocycles. The number of hydrogen-bond acceptors (Lipinski definition) is 6. The molecule has 10 heteroatoms. The Hall–Kier alpha value is -3.43. The highest BCUT2D eigenvalue weighted by molar-refractivity contribution is 5.93. The molecule has 0 bridgehead atoms. The Morgan fingerprint density at radius 1 is 1.50 bits per heavy atom. The number of benzene rings is 1. The van der Waals surface area contributed by atoms with Gasteiger partial charge >= 0.3 is 5.97 Å². The summed E-state index contributed by atoms with van der Waals surface area (Å²) in [6, 6.07) is 2.39. The van der Waals surface area contributed by atoms with Gasteiger partial charge in [0.05, 0.1) is 11.2 Å². The van der Waals surface area contributed by atoms with Gasteiger partial charge < -0.3 is 20.7 Å². The van der Waals surface area contributed by atoms with Crippen molar-refractivity contribution in [2.45, 2.75) is 13.5 Å². The van der Waals surface area contributed by atoms with Gasteiger partial charge in [-0.25, -0.2) is 14.3 Å². The third-order valence-corrected chi connectivity index (χ3v) is 3.49. The number of aromatic amines is 1. The van der Waals surface area contributed by atoms with Crippen LogP contribution in [0.25, 0.3) is 10.9 Å². The first-order valence-electron chi connectivity index (χ1n) is 6.95. The van der Waals surface area contributed by atoms with Gasteiger partial charge in [0, 0.05) is 18.1 Å². The van der Waals surface area contributed by atoms with Crippen LogP contribution in [0.3, 0.4) is 0 Å². The van der Waals surface area contributed by atoms with Crippen LogP contribution in [0.1, 0.15) is 17.3 Å². The number of nitrogens with zero attached hydrogens (tertiary/aromatic N) is 3. The Morgan fingerprint density at radius 2 is 2.25 bits per heavy atom. The van der Waals surface area contributed by atoms with E-state index in [9.17, 15) is 14.0 Å². The number of aromatic nitrogens is 4. The van der Waals surface area contributed by atoms with Gasteiger partial charge in [-0.15, -0.1) is 5.10 Å². The summed E-state index contributed by atoms with van der Waals surface area (Å²) >= 11 is 0. The summed E-state index contributed by atoms with van der Waals surface area (Å²) in [5.41, 5.74) is 4.68. The van der Waals surface area contributed by atoms with Gasteiger partial charge in [-0.2, -0.15) is 4.98 Å². The molecule has 0 aliphatic heterocycles. The molecule has 0 aliphatic rings. The zero-order valence-corrected chi connectivity index (χ0v) is 12.5. The van der Waals surface area contributed by atoms with Crippen molar-refractivity contribution in [3.05, 3.63) is 39.9 Å². The minimum Gasteiger partial charge on any atom is -0.477 e. The highest BCUT2D eigenvalue weighted by Gasteiger charge is 2.17. The maximum atomic E-state index is 14.3. The molecule has 9 nitrogen and oxygen atoms in total. The lowest BCUT2D eigenvalue weighted by molar-refractivity contribution is 0.0695. The van der Waals surface area contributed by atoms with Gasteiger partial charge in [0.15, 0.2) is 0 Å². The molecule has 0 spiro atoms. The lowest BCUT2D eigenvalue weighted by atomic mass is 10.1. The van der Waals surface area contributed by atoms with Crippen LogP contribution in [0.5, 0.6) is 0 Å². The van der Waals surface area contributed by atoms with E-state index in [0.29, 0.717) is 12.1 Å². The third-order valence-electron chi connectivity index (χ3n) is 3.49. The van der Waals surface area contributed by atoms with Crippen LogP contribution in [-0.2, 0) is 6.54 Å². The number of hydrogen-bond donors (Lipinski definition) is 4. The Labute approximate surface area is 133 Å². The van der Waals surface area contributed by atoms with E-state index >= 15 is 0 Å². The number of carboxylic acid groups (broad SMARTS) is 1. The summed E-state index contributed by atoms with van der Waals surface area (Å²) in [7, 11) is 0. The van der Waals surface area contributed by atoms with Crippen molar-refractivity contribution in [2.24, 2.45) is 0 Å². The number of nitrogens with one attached hydrogen (secondary N) is 2. The van der Waals surface area contributed by atoms with Crippen LogP contribution in [0.15, 0.2) is 23.1 Å². The van der Waals surface area contributed by atoms with E-state index in [0.717, 1.165) is 6.07 Å². The van der Waals surface area contributed by atoms with E-state index in [4.69, 9.17) is 10.8 Å². The van der Waals surface area contributed by atoms with Gasteiger partial charge in [-0.1, -0.05) is 0 Å². The molecule has 2 aromatic heterocycles. The summed E-state index contributed by atoms with van der Waals surface area (Å²) in [5.74, 6) is -1.97. The fourth-order valence-corrected chi connectivity index (χ4v) is 2.37. The molecular weight excluding hydrogens is 319 g/mol. The molecule has 0 atom stereocenters. The van der Waals surface area contributed by atoms with E-state index in [-0.39, 0.29) is 23.0 Å². The molecule has 3 aromatic rings. The smallest absolute Gasteiger partial charge is 0.341 e. The van der Waals surface area contributed by atoms with Gasteiger partial charge in [0.2, 0.25) is 17.3 Å². The second kappa shape index (κ2) is 5.65. The molecule has 0 saturated carbocycles. The molecule has 2 heterocycles. The largest absolute Gasteiger partial charge is 0.477 e. The molecule has 0 unspecified atom stereocenters. The number of H-pyrrole nitrogens is 1. The van der Waals surface area contributed by atoms with Crippen LogP contribution < -0.4 is 16.5 Å². The lowest BCUT2D eigenvalue weighted by Gasteiger charge is -2.12. The second-order valence-electron chi connectivity index (χ2n) is 4.98. The number of nitrogen functional groups attached to an aromatic ring is 1. The average molecular weight is 332 g/mol. The molecule has 1 aromatic carbocycles. The summed E-state index contributed by atoms with van der Waals surface area (Å²) in [5, 5.41) is 17.9. The Kier molecular flexibility index (Phi) is 3.64. The lowest BCUT2D eigenvalue weighted by Crippen LogP contribution is -2.19. The Morgan fingerprint density at radius 3 is 2.83 bits per heavy atom. The number of nitrogens with two attached hydrogens (primary N) is 1. The standard InChI is InChI=1S/C14H13FN6O3/c1-2-21-5-7(12(23)24)11(22)6-3-8(15)9(4-10(6)21)17-14-18-13(16)19-20-14/h3-5H,2H2,1H3,(H,23,24)(H4,16,17,18,19,20). The topological polar surface area (TPSA) is 139 Å². The zero-order valence-electron chi connectivity index (χ0n) is 12.5. The third kappa shape index (κ3) is 2.53. The maximum absolute atomic E-state index is 14.3. The van der Waals surface area contributed by atoms with Crippen molar-refractivity contribution < 1.29 is 14.3 Å². The summed E-state index contributed by atoms with van der Waals surface area (Å²) in [4.78, 5) is 27.2. The van der Waals surface area contributed by atoms with Crippen LogP contribution in [0.2, 0.25) is 0 Å². The van der Waals surface area contributed by atoms with Crippen molar-refractivity contribution in [2.75, 3.05) is 11.1 Å². The Bertz CT molecular complexity index is 1010. The van der Waals surface area contributed by atoms with Crippen molar-refractivity contribution >= 4 is 34.5 Å². The normalized spacial score (nSPS) is 10.9. The van der Waals surface area contributed by atoms with Gasteiger partial charge in [0.1, 0.15) is 11.4 Å². The van der Waals surface area contributed by atoms with Crippen molar-refractivity contribution in [1.82, 2.24) is 19.7 Å². The summed E-state index contributed by atoms with van der Waals surface area (Å²) in [6.07, 6.45) is 1.24. The zero-order chi connectivity index (χ0) is 17.4. The van der Waals surface area contributed by atoms with Crippen LogP contribution in [0, 0.1) is 5.82 Å². The minimum absolute atomic E-state index is 0.0192. The number of fused-ring (bicyclic) bond motifs is 1. The number of carboxylic acids is 1. The maximum Gasteiger partial charge on any atom is 0.341 e. The van der Waals surface area contributed by atoms with Gasteiger partial charge in [-0.3, -0.25) is 4.79 Å². The van der Waals surface area contributed by atoms with E-state index in [1.54, 1.807) is 11.5 Å². The molecule has 0 amide bonds. The van der Waals surface area contributed by atoms with Crippen molar-refractivity contribution in [3.8, 4) is 0 Å². The van der Waals surface area contributed by atoms with Gasteiger partial charge in [-0.05, 0) is 19.1 Å². The molecule has 5 N–H and O–H groups in total. The monoisotopic (exact) mass is 332 g/mol. The predicted molar refractivity (Wildman–Crippen MR) is 84.9 cm³/mol. The van der Waals surface area contributed by atoms with E-state index < -0.39 is 22.8 Å². The van der Waals surface area contributed by atoms with E-state index in [1.165, 1.54) is 12.3 Å². The van der Waals surface area contributed by atoms with Crippen LogP contribution in [-0.4, -0.2) is 30.8 Å². The molecule has 0 radical (unpaired) electrons. The number of aryl methyl sites for hydroxylation is 1. The predicted octanol–water partition coefficient (Wildman–Crippen LogP) is 1.30. The van der Waals surface area contributed by atoms with E-state index in [2.05, 4.69) is 20.5 Å². The number of rotatable bonds is 4. The number of pyridine rings is 1. The van der Waals surface area contributed by atoms with Crippen molar-refractivity contribution in [1.29, 1.82) is 0 Å². The molecule has 0 aliphatic carbocycles. The Balaban J connectivity index is 2.21. The average Bonchev–Trinajstić information content (AvgIpc) is 2.94. The van der Waals surface area contributed by atoms with Crippen LogP contribution in [0.4, 0.5) is 22.0 Å². The number of anilines is 3. The number of halogens is 1. The van der Waals surface area contributed by atoms with E-state index in [1.807, 2.05) is 0 Å². The highest BCUT2D eigenvalue weighted by Crippen LogP contribution is 2.24. The molecular formula is C14H13FN6O3. The molecule has 24 heavy (non-hydrogen) atoms. The first-order valence-corrected chi connectivity index (χ1v) is 6.95. The first kappa shape index (κ1) is 15.5. The molecule has 0 fully saturated rings. The number of aromatic carboxylic acids is 1. The summed E-state index contributed by atoms with van der Waals surface area (Å²) < 4.78 is 15.9. The SMILES string of the molecule is CCn1cc(C(=O)O)c(=O)c2cc(F)c(Nc3n[nH]c(N)n3)cc21. The number of carbonyl (C=O) groups is 1. The molecule has 124 valence electrons.